The highest BCUT2D eigenvalue weighted by atomic mass is 16.5. The quantitative estimate of drug-likeness (QED) is 0.622. The Hall–Kier alpha value is -1.40. The van der Waals surface area contributed by atoms with Crippen molar-refractivity contribution in [3.63, 3.8) is 0 Å². The highest BCUT2D eigenvalue weighted by Gasteiger charge is 2.20. The minimum atomic E-state index is -0.613. The van der Waals surface area contributed by atoms with Crippen LogP contribution < -0.4 is 5.73 Å². The van der Waals surface area contributed by atoms with Crippen LogP contribution in [0.4, 0.5) is 0 Å². The number of rotatable bonds is 3. The number of esters is 1. The van der Waals surface area contributed by atoms with Crippen molar-refractivity contribution in [1.29, 1.82) is 0 Å². The molecule has 78 valence electrons. The van der Waals surface area contributed by atoms with Gasteiger partial charge in [-0.3, -0.25) is 4.68 Å². The molecule has 0 saturated heterocycles. The second kappa shape index (κ2) is 4.21. The van der Waals surface area contributed by atoms with Gasteiger partial charge in [0.15, 0.2) is 5.69 Å². The third-order valence-electron chi connectivity index (χ3n) is 1.83. The van der Waals surface area contributed by atoms with Gasteiger partial charge in [0.05, 0.1) is 19.8 Å². The number of carbonyl (C=O) groups excluding carboxylic acids is 1. The van der Waals surface area contributed by atoms with Gasteiger partial charge < -0.3 is 15.6 Å². The van der Waals surface area contributed by atoms with Gasteiger partial charge in [-0.05, 0) is 0 Å². The fourth-order valence-electron chi connectivity index (χ4n) is 1.13. The number of aliphatic hydroxyl groups excluding tert-OH is 1. The topological polar surface area (TPSA) is 90.4 Å². The molecule has 0 spiro atoms. The first-order valence-electron chi connectivity index (χ1n) is 4.08. The number of hydrogen-bond acceptors (Lipinski definition) is 5. The Morgan fingerprint density at radius 2 is 2.50 bits per heavy atom. The van der Waals surface area contributed by atoms with Crippen molar-refractivity contribution < 1.29 is 14.6 Å². The van der Waals surface area contributed by atoms with Gasteiger partial charge in [-0.1, -0.05) is 0 Å². The van der Waals surface area contributed by atoms with Crippen LogP contribution in [0, 0.1) is 0 Å². The van der Waals surface area contributed by atoms with E-state index < -0.39 is 12.0 Å². The molecule has 0 fully saturated rings. The molecule has 0 radical (unpaired) electrons. The van der Waals surface area contributed by atoms with Crippen LogP contribution in [0.2, 0.25) is 0 Å². The number of hydrogen-bond donors (Lipinski definition) is 2. The third kappa shape index (κ3) is 1.91. The molecule has 14 heavy (non-hydrogen) atoms. The minimum absolute atomic E-state index is 0.150. The van der Waals surface area contributed by atoms with E-state index in [9.17, 15) is 4.79 Å². The van der Waals surface area contributed by atoms with Gasteiger partial charge >= 0.3 is 5.97 Å². The van der Waals surface area contributed by atoms with E-state index in [2.05, 4.69) is 9.84 Å². The van der Waals surface area contributed by atoms with E-state index in [4.69, 9.17) is 10.8 Å². The summed E-state index contributed by atoms with van der Waals surface area (Å²) in [5, 5.41) is 12.8. The minimum Gasteiger partial charge on any atom is -0.464 e. The number of nitrogens with zero attached hydrogens (tertiary/aromatic N) is 2. The fourth-order valence-corrected chi connectivity index (χ4v) is 1.13. The molecular weight excluding hydrogens is 186 g/mol. The summed E-state index contributed by atoms with van der Waals surface area (Å²) in [6.45, 7) is -0.240. The zero-order valence-electron chi connectivity index (χ0n) is 8.10. The first-order chi connectivity index (χ1) is 6.60. The van der Waals surface area contributed by atoms with Crippen molar-refractivity contribution in [3.8, 4) is 0 Å². The molecule has 1 rings (SSSR count). The van der Waals surface area contributed by atoms with Crippen LogP contribution in [0.3, 0.4) is 0 Å². The number of ether oxygens (including phenoxy) is 1. The van der Waals surface area contributed by atoms with Gasteiger partial charge in [0.1, 0.15) is 0 Å². The van der Waals surface area contributed by atoms with E-state index in [1.54, 1.807) is 13.2 Å². The number of methoxy groups -OCH3 is 1. The van der Waals surface area contributed by atoms with Crippen LogP contribution in [0.15, 0.2) is 6.20 Å². The third-order valence-corrected chi connectivity index (χ3v) is 1.83. The van der Waals surface area contributed by atoms with E-state index in [1.807, 2.05) is 0 Å². The smallest absolute Gasteiger partial charge is 0.358 e. The number of aromatic nitrogens is 2. The molecule has 0 amide bonds. The van der Waals surface area contributed by atoms with Gasteiger partial charge in [0.2, 0.25) is 0 Å². The van der Waals surface area contributed by atoms with Crippen LogP contribution in [0.1, 0.15) is 22.1 Å². The average Bonchev–Trinajstić information content (AvgIpc) is 2.58. The standard InChI is InChI=1S/C8H13N3O3/c1-11-3-5(6(9)4-12)7(10-11)8(13)14-2/h3,6,12H,4,9H2,1-2H3/t6-/m0/s1. The van der Waals surface area contributed by atoms with Crippen molar-refractivity contribution in [2.45, 2.75) is 6.04 Å². The summed E-state index contributed by atoms with van der Waals surface area (Å²) in [6, 6.07) is -0.613. The molecule has 0 aliphatic carbocycles. The summed E-state index contributed by atoms with van der Waals surface area (Å²) in [5.74, 6) is -0.551. The molecule has 3 N–H and O–H groups in total. The monoisotopic (exact) mass is 199 g/mol. The molecule has 0 aliphatic rings. The first kappa shape index (κ1) is 10.7. The summed E-state index contributed by atoms with van der Waals surface area (Å²) in [6.07, 6.45) is 1.59. The molecule has 0 unspecified atom stereocenters. The average molecular weight is 199 g/mol. The van der Waals surface area contributed by atoms with E-state index in [-0.39, 0.29) is 12.3 Å². The Kier molecular flexibility index (Phi) is 3.21. The van der Waals surface area contributed by atoms with Crippen LogP contribution in [0.5, 0.6) is 0 Å². The molecule has 1 aromatic rings. The van der Waals surface area contributed by atoms with Gasteiger partial charge in [-0.15, -0.1) is 0 Å². The van der Waals surface area contributed by atoms with Crippen molar-refractivity contribution in [2.24, 2.45) is 12.8 Å². The zero-order chi connectivity index (χ0) is 10.7. The maximum atomic E-state index is 11.2. The lowest BCUT2D eigenvalue weighted by molar-refractivity contribution is 0.0591. The van der Waals surface area contributed by atoms with E-state index in [0.717, 1.165) is 0 Å². The van der Waals surface area contributed by atoms with Crippen molar-refractivity contribution in [3.05, 3.63) is 17.5 Å². The van der Waals surface area contributed by atoms with Gasteiger partial charge in [0.25, 0.3) is 0 Å². The SMILES string of the molecule is COC(=O)c1nn(C)cc1[C@@H](N)CO. The summed E-state index contributed by atoms with van der Waals surface area (Å²) >= 11 is 0. The normalized spacial score (nSPS) is 12.6. The maximum Gasteiger partial charge on any atom is 0.358 e. The van der Waals surface area contributed by atoms with E-state index >= 15 is 0 Å². The Morgan fingerprint density at radius 1 is 1.86 bits per heavy atom. The molecule has 1 atom stereocenters. The molecule has 0 bridgehead atoms. The summed E-state index contributed by atoms with van der Waals surface area (Å²) in [4.78, 5) is 11.2. The van der Waals surface area contributed by atoms with Crippen LogP contribution in [-0.2, 0) is 11.8 Å². The number of carbonyl (C=O) groups is 1. The van der Waals surface area contributed by atoms with Gasteiger partial charge in [0, 0.05) is 18.8 Å². The van der Waals surface area contributed by atoms with E-state index in [0.29, 0.717) is 5.56 Å². The van der Waals surface area contributed by atoms with Crippen LogP contribution >= 0.6 is 0 Å². The highest BCUT2D eigenvalue weighted by Crippen LogP contribution is 2.14. The summed E-state index contributed by atoms with van der Waals surface area (Å²) < 4.78 is 5.99. The molecule has 1 aromatic heterocycles. The Bertz CT molecular complexity index is 335. The van der Waals surface area contributed by atoms with Crippen molar-refractivity contribution in [2.75, 3.05) is 13.7 Å². The fraction of sp³-hybridized carbons (Fsp3) is 0.500. The predicted molar refractivity (Wildman–Crippen MR) is 48.6 cm³/mol. The predicted octanol–water partition coefficient (Wildman–Crippen LogP) is -0.801. The molecule has 0 saturated carbocycles. The van der Waals surface area contributed by atoms with Gasteiger partial charge in [-0.2, -0.15) is 5.10 Å². The zero-order valence-corrected chi connectivity index (χ0v) is 8.10. The Labute approximate surface area is 81.3 Å². The summed E-state index contributed by atoms with van der Waals surface area (Å²) in [5.41, 5.74) is 6.23. The Balaban J connectivity index is 3.08. The summed E-state index contributed by atoms with van der Waals surface area (Å²) in [7, 11) is 2.94. The maximum absolute atomic E-state index is 11.2. The first-order valence-corrected chi connectivity index (χ1v) is 4.08. The lowest BCUT2D eigenvalue weighted by atomic mass is 10.1. The van der Waals surface area contributed by atoms with Crippen molar-refractivity contribution in [1.82, 2.24) is 9.78 Å². The second-order valence-electron chi connectivity index (χ2n) is 2.89. The highest BCUT2D eigenvalue weighted by molar-refractivity contribution is 5.88. The van der Waals surface area contributed by atoms with E-state index in [1.165, 1.54) is 11.8 Å². The molecule has 1 heterocycles. The van der Waals surface area contributed by atoms with Crippen molar-refractivity contribution >= 4 is 5.97 Å². The molecular formula is C8H13N3O3. The molecule has 0 aromatic carbocycles. The number of nitrogens with two attached hydrogens (primary N) is 1. The lowest BCUT2D eigenvalue weighted by Crippen LogP contribution is -2.17. The number of aryl methyl sites for hydroxylation is 1. The van der Waals surface area contributed by atoms with Gasteiger partial charge in [-0.25, -0.2) is 4.79 Å². The molecule has 0 aliphatic heterocycles. The molecule has 6 nitrogen and oxygen atoms in total. The number of aliphatic hydroxyl groups is 1. The lowest BCUT2D eigenvalue weighted by Gasteiger charge is -2.06. The second-order valence-corrected chi connectivity index (χ2v) is 2.89. The van der Waals surface area contributed by atoms with Crippen LogP contribution in [0.25, 0.3) is 0 Å². The Morgan fingerprint density at radius 3 is 3.00 bits per heavy atom. The largest absolute Gasteiger partial charge is 0.464 e. The van der Waals surface area contributed by atoms with Crippen LogP contribution in [-0.4, -0.2) is 34.6 Å². The molecule has 6 heteroatoms.